The van der Waals surface area contributed by atoms with E-state index in [1.807, 2.05) is 0 Å². The topological polar surface area (TPSA) is 54.0 Å². The van der Waals surface area contributed by atoms with E-state index in [2.05, 4.69) is 79.7 Å². The zero-order chi connectivity index (χ0) is 22.9. The predicted octanol–water partition coefficient (Wildman–Crippen LogP) is 6.33. The number of nitrogens with zero attached hydrogens (tertiary/aromatic N) is 4. The molecule has 8 bridgehead atoms. The van der Waals surface area contributed by atoms with Crippen LogP contribution in [0.4, 0.5) is 0 Å². The van der Waals surface area contributed by atoms with Crippen LogP contribution in [-0.2, 0) is 31.3 Å². The van der Waals surface area contributed by atoms with Gasteiger partial charge in [-0.2, -0.15) is 11.4 Å². The molecule has 2 aromatic heterocycles. The van der Waals surface area contributed by atoms with E-state index in [9.17, 15) is 0 Å². The van der Waals surface area contributed by atoms with Crippen LogP contribution in [0.15, 0.2) is 24.3 Å². The van der Waals surface area contributed by atoms with Gasteiger partial charge in [-0.1, -0.05) is 49.2 Å². The maximum Gasteiger partial charge on any atom is 2.00 e. The summed E-state index contributed by atoms with van der Waals surface area (Å²) in [5.74, 6) is 0. The van der Waals surface area contributed by atoms with Crippen molar-refractivity contribution >= 4 is 33.3 Å². The second kappa shape index (κ2) is 8.06. The van der Waals surface area contributed by atoms with Crippen molar-refractivity contribution in [2.45, 2.75) is 67.2 Å². The van der Waals surface area contributed by atoms with Gasteiger partial charge in [-0.25, -0.2) is 9.97 Å². The van der Waals surface area contributed by atoms with Crippen LogP contribution in [0, 0.1) is 13.8 Å². The summed E-state index contributed by atoms with van der Waals surface area (Å²) in [7, 11) is 0. The molecule has 0 amide bonds. The van der Waals surface area contributed by atoms with Crippen LogP contribution in [-0.4, -0.2) is 9.97 Å². The summed E-state index contributed by atoms with van der Waals surface area (Å²) >= 11 is 0. The van der Waals surface area contributed by atoms with Crippen LogP contribution in [0.3, 0.4) is 0 Å². The summed E-state index contributed by atoms with van der Waals surface area (Å²) in [6.45, 7) is 17.4. The molecule has 0 aromatic carbocycles. The summed E-state index contributed by atoms with van der Waals surface area (Å²) in [6, 6.07) is 8.58. The Morgan fingerprint density at radius 3 is 1.55 bits per heavy atom. The molecule has 5 rings (SSSR count). The molecule has 0 saturated carbocycles. The zero-order valence-corrected chi connectivity index (χ0v) is 24.0. The van der Waals surface area contributed by atoms with Gasteiger partial charge in [-0.15, -0.1) is 11.0 Å². The quantitative estimate of drug-likeness (QED) is 0.407. The number of fused-ring (bicyclic) bond motifs is 8. The molecular weight excluding hydrogens is 458 g/mol. The van der Waals surface area contributed by atoms with Crippen molar-refractivity contribution in [3.05, 3.63) is 69.6 Å². The van der Waals surface area contributed by atoms with Crippen LogP contribution in [0.25, 0.3) is 33.3 Å². The van der Waals surface area contributed by atoms with Gasteiger partial charge in [-0.3, -0.25) is 0 Å². The molecule has 0 spiro atoms. The van der Waals surface area contributed by atoms with Gasteiger partial charge in [0.2, 0.25) is 0 Å². The standard InChI is InChI=1S/C28H30N4.Zn/c1-14-15(2)22-10-23-16(3)17(4)24(31-23)11-25-18(5)19(6)26(32-25)12-27-28(7,8)13-20(29-27)9-21(14)30-22;/h9-12H,13H2,1-8H3;/q-2;+2. The molecule has 0 unspecified atom stereocenters. The summed E-state index contributed by atoms with van der Waals surface area (Å²) in [5, 5.41) is 0. The molecule has 3 aliphatic heterocycles. The van der Waals surface area contributed by atoms with Crippen molar-refractivity contribution in [1.29, 1.82) is 0 Å². The van der Waals surface area contributed by atoms with E-state index in [0.29, 0.717) is 0 Å². The molecule has 0 aliphatic carbocycles. The normalized spacial score (nSPS) is 16.1. The third-order valence-electron chi connectivity index (χ3n) is 7.42. The van der Waals surface area contributed by atoms with E-state index in [-0.39, 0.29) is 24.9 Å². The van der Waals surface area contributed by atoms with E-state index in [1.54, 1.807) is 0 Å². The zero-order valence-electron chi connectivity index (χ0n) is 21.0. The molecule has 0 fully saturated rings. The Bertz CT molecular complexity index is 1430. The van der Waals surface area contributed by atoms with Crippen LogP contribution in [0.2, 0.25) is 0 Å². The summed E-state index contributed by atoms with van der Waals surface area (Å²) in [6.07, 6.45) is 0.895. The molecule has 33 heavy (non-hydrogen) atoms. The van der Waals surface area contributed by atoms with Gasteiger partial charge in [-0.05, 0) is 75.7 Å². The molecule has 0 atom stereocenters. The number of allylic oxidation sites excluding steroid dienone is 4. The number of rotatable bonds is 0. The Balaban J connectivity index is 0.00000259. The van der Waals surface area contributed by atoms with Crippen LogP contribution in [0.5, 0.6) is 0 Å². The summed E-state index contributed by atoms with van der Waals surface area (Å²) in [5.41, 5.74) is 15.3. The van der Waals surface area contributed by atoms with Crippen molar-refractivity contribution < 1.29 is 19.5 Å². The van der Waals surface area contributed by atoms with Gasteiger partial charge < -0.3 is 9.97 Å². The van der Waals surface area contributed by atoms with E-state index < -0.39 is 0 Å². The largest absolute Gasteiger partial charge is 2.00 e. The fourth-order valence-corrected chi connectivity index (χ4v) is 4.63. The van der Waals surface area contributed by atoms with Crippen molar-refractivity contribution in [2.24, 2.45) is 0 Å². The minimum atomic E-state index is -0.0388. The first-order valence-electron chi connectivity index (χ1n) is 11.3. The first kappa shape index (κ1) is 23.6. The monoisotopic (exact) mass is 486 g/mol. The Labute approximate surface area is 209 Å². The van der Waals surface area contributed by atoms with Crippen molar-refractivity contribution in [1.82, 2.24) is 19.9 Å². The van der Waals surface area contributed by atoms with Gasteiger partial charge >= 0.3 is 19.5 Å². The van der Waals surface area contributed by atoms with E-state index >= 15 is 0 Å². The Morgan fingerprint density at radius 1 is 0.636 bits per heavy atom. The molecule has 0 saturated heterocycles. The Kier molecular flexibility index (Phi) is 5.77. The molecule has 0 radical (unpaired) electrons. The van der Waals surface area contributed by atoms with E-state index in [1.165, 1.54) is 33.4 Å². The average molecular weight is 488 g/mol. The van der Waals surface area contributed by atoms with Gasteiger partial charge in [0.25, 0.3) is 0 Å². The van der Waals surface area contributed by atoms with Gasteiger partial charge in [0.1, 0.15) is 0 Å². The Morgan fingerprint density at radius 2 is 1.06 bits per heavy atom. The van der Waals surface area contributed by atoms with E-state index in [0.717, 1.165) is 51.6 Å². The van der Waals surface area contributed by atoms with Crippen molar-refractivity contribution in [3.8, 4) is 0 Å². The Hall–Kier alpha value is -2.52. The van der Waals surface area contributed by atoms with Crippen molar-refractivity contribution in [3.63, 3.8) is 0 Å². The second-order valence-electron chi connectivity index (χ2n) is 10.0. The molecule has 3 aliphatic rings. The summed E-state index contributed by atoms with van der Waals surface area (Å²) in [4.78, 5) is 20.0. The summed E-state index contributed by atoms with van der Waals surface area (Å²) < 4.78 is 0. The number of hydrogen-bond donors (Lipinski definition) is 0. The number of aromatic nitrogens is 4. The smallest absolute Gasteiger partial charge is 0.664 e. The molecular formula is C28H30N4Zn. The van der Waals surface area contributed by atoms with E-state index in [4.69, 9.17) is 19.9 Å². The van der Waals surface area contributed by atoms with Gasteiger partial charge in [0.05, 0.1) is 22.8 Å². The van der Waals surface area contributed by atoms with Gasteiger partial charge in [0.15, 0.2) is 0 Å². The van der Waals surface area contributed by atoms with Crippen molar-refractivity contribution in [2.75, 3.05) is 0 Å². The van der Waals surface area contributed by atoms with Gasteiger partial charge in [0, 0.05) is 0 Å². The SMILES string of the molecule is CC1=C(C)c2cc3[n-]c(cc4nc(cc5[n-]c(cc1n2)CC5(C)C)C(C)=C4C)c(C)c3C.[Zn+2]. The second-order valence-corrected chi connectivity index (χ2v) is 10.0. The third kappa shape index (κ3) is 3.81. The first-order valence-corrected chi connectivity index (χ1v) is 11.3. The molecule has 0 N–H and O–H groups in total. The minimum Gasteiger partial charge on any atom is -0.664 e. The molecule has 5 heteroatoms. The first-order chi connectivity index (χ1) is 15.0. The average Bonchev–Trinajstić information content (AvgIpc) is 3.35. The fourth-order valence-electron chi connectivity index (χ4n) is 4.63. The molecule has 5 heterocycles. The number of hydrogen-bond acceptors (Lipinski definition) is 2. The van der Waals surface area contributed by atoms with Crippen LogP contribution in [0.1, 0.15) is 86.8 Å². The molecule has 4 nitrogen and oxygen atoms in total. The van der Waals surface area contributed by atoms with Crippen LogP contribution < -0.4 is 9.97 Å². The minimum absolute atomic E-state index is 0. The third-order valence-corrected chi connectivity index (χ3v) is 7.42. The fraction of sp³-hybridized carbons (Fsp3) is 0.357. The molecule has 164 valence electrons. The van der Waals surface area contributed by atoms with Crippen LogP contribution >= 0.6 is 0 Å². The molecule has 2 aromatic rings. The number of aryl methyl sites for hydroxylation is 2. The maximum absolute atomic E-state index is 5.03. The predicted molar refractivity (Wildman–Crippen MR) is 133 cm³/mol. The maximum atomic E-state index is 5.03.